The molecule has 4 rings (SSSR count). The van der Waals surface area contributed by atoms with Gasteiger partial charge in [-0.15, -0.1) is 0 Å². The molecule has 2 heterocycles. The second-order valence-corrected chi connectivity index (χ2v) is 8.72. The lowest BCUT2D eigenvalue weighted by atomic mass is 9.80. The summed E-state index contributed by atoms with van der Waals surface area (Å²) in [6.45, 7) is 0. The molecule has 3 fully saturated rings. The summed E-state index contributed by atoms with van der Waals surface area (Å²) >= 11 is 0. The van der Waals surface area contributed by atoms with E-state index >= 15 is 0 Å². The highest BCUT2D eigenvalue weighted by molar-refractivity contribution is 5.82. The Bertz CT molecular complexity index is 638. The molecule has 3 aliphatic rings. The van der Waals surface area contributed by atoms with E-state index in [0.717, 1.165) is 43.0 Å². The summed E-state index contributed by atoms with van der Waals surface area (Å²) in [6.07, 6.45) is 7.13. The van der Waals surface area contributed by atoms with Crippen molar-refractivity contribution in [3.63, 3.8) is 0 Å². The molecule has 0 radical (unpaired) electrons. The van der Waals surface area contributed by atoms with Crippen molar-refractivity contribution in [1.29, 1.82) is 0 Å². The maximum Gasteiger partial charge on any atom is 0.343 e. The normalized spacial score (nSPS) is 33.3. The summed E-state index contributed by atoms with van der Waals surface area (Å²) < 4.78 is 6.96. The van der Waals surface area contributed by atoms with Gasteiger partial charge < -0.3 is 14.3 Å². The largest absolute Gasteiger partial charge is 0.453 e. The average Bonchev–Trinajstić information content (AvgIpc) is 3.30. The maximum absolute atomic E-state index is 13.2. The van der Waals surface area contributed by atoms with Gasteiger partial charge in [0, 0.05) is 25.2 Å². The van der Waals surface area contributed by atoms with Crippen LogP contribution in [0.2, 0.25) is 0 Å². The zero-order valence-corrected chi connectivity index (χ0v) is 15.4. The summed E-state index contributed by atoms with van der Waals surface area (Å²) in [4.78, 5) is 13.2. The monoisotopic (exact) mass is 344 g/mol. The lowest BCUT2D eigenvalue weighted by molar-refractivity contribution is -0.913. The number of esters is 1. The van der Waals surface area contributed by atoms with Gasteiger partial charge in [-0.05, 0) is 18.4 Å². The average molecular weight is 344 g/mol. The topological polar surface area (TPSA) is 46.5 Å². The highest BCUT2D eigenvalue weighted by Crippen LogP contribution is 2.46. The molecule has 4 atom stereocenters. The van der Waals surface area contributed by atoms with Crippen molar-refractivity contribution in [3.8, 4) is 0 Å². The van der Waals surface area contributed by atoms with Crippen LogP contribution in [-0.4, -0.2) is 47.8 Å². The highest BCUT2D eigenvalue weighted by Gasteiger charge is 2.58. The van der Waals surface area contributed by atoms with Gasteiger partial charge in [0.15, 0.2) is 11.7 Å². The number of rotatable bonds is 4. The molecule has 0 aromatic heterocycles. The molecule has 2 bridgehead atoms. The van der Waals surface area contributed by atoms with E-state index in [0.29, 0.717) is 17.6 Å². The molecule has 4 heteroatoms. The van der Waals surface area contributed by atoms with E-state index in [1.54, 1.807) is 0 Å². The SMILES string of the molecule is C[N+]1(C)C2CC[C@@H]1[C@H](OC(=O)[C@](O)(c1ccccc1)C1CCCC1)C2. The summed E-state index contributed by atoms with van der Waals surface area (Å²) in [5.41, 5.74) is -0.819. The number of carbonyl (C=O) groups is 1. The lowest BCUT2D eigenvalue weighted by Gasteiger charge is -2.35. The van der Waals surface area contributed by atoms with E-state index in [1.165, 1.54) is 6.42 Å². The zero-order chi connectivity index (χ0) is 17.7. The number of likely N-dealkylation sites (N-methyl/N-ethyl adjacent to an activating group) is 1. The molecule has 25 heavy (non-hydrogen) atoms. The molecule has 1 saturated carbocycles. The fraction of sp³-hybridized carbons (Fsp3) is 0.667. The van der Waals surface area contributed by atoms with Crippen LogP contribution in [0.1, 0.15) is 50.5 Å². The molecule has 2 saturated heterocycles. The van der Waals surface area contributed by atoms with Crippen LogP contribution in [0.15, 0.2) is 30.3 Å². The maximum atomic E-state index is 13.2. The van der Waals surface area contributed by atoms with Crippen LogP contribution in [-0.2, 0) is 15.1 Å². The summed E-state index contributed by atoms with van der Waals surface area (Å²) in [5.74, 6) is -0.466. The van der Waals surface area contributed by atoms with E-state index < -0.39 is 11.6 Å². The Morgan fingerprint density at radius 1 is 1.12 bits per heavy atom. The Labute approximate surface area is 150 Å². The molecule has 1 aromatic carbocycles. The van der Waals surface area contributed by atoms with Gasteiger partial charge in [0.1, 0.15) is 6.04 Å². The van der Waals surface area contributed by atoms with E-state index in [9.17, 15) is 9.90 Å². The molecular weight excluding hydrogens is 314 g/mol. The Kier molecular flexibility index (Phi) is 4.16. The van der Waals surface area contributed by atoms with Crippen LogP contribution in [0.5, 0.6) is 0 Å². The number of nitrogens with zero attached hydrogens (tertiary/aromatic N) is 1. The standard InChI is InChI=1S/C21H30NO3/c1-22(2)17-12-13-18(22)19(14-17)25-20(23)21(24,16-10-6-7-11-16)15-8-4-3-5-9-15/h3-5,8-9,16-19,24H,6-7,10-14H2,1-2H3/q+1/t17?,18-,19-,21+/m1/s1. The summed E-state index contributed by atoms with van der Waals surface area (Å²) in [7, 11) is 4.49. The summed E-state index contributed by atoms with van der Waals surface area (Å²) in [5, 5.41) is 11.5. The van der Waals surface area contributed by atoms with Gasteiger partial charge in [-0.1, -0.05) is 43.2 Å². The van der Waals surface area contributed by atoms with Crippen LogP contribution in [0.4, 0.5) is 0 Å². The smallest absolute Gasteiger partial charge is 0.343 e. The number of ether oxygens (including phenoxy) is 1. The molecule has 1 aromatic rings. The van der Waals surface area contributed by atoms with Crippen molar-refractivity contribution >= 4 is 5.97 Å². The number of hydrogen-bond donors (Lipinski definition) is 1. The van der Waals surface area contributed by atoms with Crippen LogP contribution in [0.25, 0.3) is 0 Å². The third-order valence-corrected chi connectivity index (χ3v) is 7.25. The number of hydrogen-bond acceptors (Lipinski definition) is 3. The molecular formula is C21H30NO3+. The van der Waals surface area contributed by atoms with Gasteiger partial charge in [-0.3, -0.25) is 0 Å². The number of carbonyl (C=O) groups excluding carboxylic acids is 1. The summed E-state index contributed by atoms with van der Waals surface area (Å²) in [6, 6.07) is 10.4. The quantitative estimate of drug-likeness (QED) is 0.675. The van der Waals surface area contributed by atoms with Crippen LogP contribution < -0.4 is 0 Å². The number of fused-ring (bicyclic) bond motifs is 2. The third-order valence-electron chi connectivity index (χ3n) is 7.25. The van der Waals surface area contributed by atoms with E-state index in [1.807, 2.05) is 30.3 Å². The van der Waals surface area contributed by atoms with E-state index in [-0.39, 0.29) is 12.0 Å². The minimum absolute atomic E-state index is 0.0384. The molecule has 1 aliphatic carbocycles. The van der Waals surface area contributed by atoms with Crippen LogP contribution in [0.3, 0.4) is 0 Å². The minimum atomic E-state index is -1.50. The van der Waals surface area contributed by atoms with Crippen molar-refractivity contribution < 1.29 is 19.1 Å². The number of benzene rings is 1. The van der Waals surface area contributed by atoms with Crippen molar-refractivity contribution in [2.45, 2.75) is 68.7 Å². The van der Waals surface area contributed by atoms with Gasteiger partial charge in [-0.2, -0.15) is 0 Å². The second kappa shape index (κ2) is 6.10. The van der Waals surface area contributed by atoms with Crippen molar-refractivity contribution in [3.05, 3.63) is 35.9 Å². The van der Waals surface area contributed by atoms with Crippen molar-refractivity contribution in [2.24, 2.45) is 5.92 Å². The molecule has 2 aliphatic heterocycles. The second-order valence-electron chi connectivity index (χ2n) is 8.72. The predicted molar refractivity (Wildman–Crippen MR) is 95.7 cm³/mol. The first-order valence-corrected chi connectivity index (χ1v) is 9.76. The van der Waals surface area contributed by atoms with Crippen LogP contribution in [0, 0.1) is 5.92 Å². The van der Waals surface area contributed by atoms with Crippen LogP contribution >= 0.6 is 0 Å². The van der Waals surface area contributed by atoms with Gasteiger partial charge in [0.05, 0.1) is 20.1 Å². The van der Waals surface area contributed by atoms with Crippen molar-refractivity contribution in [2.75, 3.05) is 14.1 Å². The number of aliphatic hydroxyl groups is 1. The van der Waals surface area contributed by atoms with Gasteiger partial charge >= 0.3 is 5.97 Å². The fourth-order valence-electron chi connectivity index (χ4n) is 5.64. The van der Waals surface area contributed by atoms with Crippen molar-refractivity contribution in [1.82, 2.24) is 0 Å². The molecule has 1 N–H and O–H groups in total. The van der Waals surface area contributed by atoms with E-state index in [4.69, 9.17) is 4.74 Å². The Morgan fingerprint density at radius 2 is 1.80 bits per heavy atom. The zero-order valence-electron chi connectivity index (χ0n) is 15.4. The minimum Gasteiger partial charge on any atom is -0.453 e. The Balaban J connectivity index is 1.59. The first-order valence-electron chi connectivity index (χ1n) is 9.76. The fourth-order valence-corrected chi connectivity index (χ4v) is 5.64. The lowest BCUT2D eigenvalue weighted by Crippen LogP contribution is -2.49. The Morgan fingerprint density at radius 3 is 2.36 bits per heavy atom. The predicted octanol–water partition coefficient (Wildman–Crippen LogP) is 2.99. The third kappa shape index (κ3) is 2.61. The first kappa shape index (κ1) is 17.0. The van der Waals surface area contributed by atoms with Gasteiger partial charge in [-0.25, -0.2) is 4.79 Å². The Hall–Kier alpha value is -1.39. The molecule has 4 nitrogen and oxygen atoms in total. The van der Waals surface area contributed by atoms with Gasteiger partial charge in [0.2, 0.25) is 0 Å². The molecule has 0 spiro atoms. The molecule has 0 amide bonds. The van der Waals surface area contributed by atoms with E-state index in [2.05, 4.69) is 14.1 Å². The number of quaternary nitrogens is 1. The first-order chi connectivity index (χ1) is 11.9. The van der Waals surface area contributed by atoms with Gasteiger partial charge in [0.25, 0.3) is 0 Å². The molecule has 136 valence electrons. The molecule has 1 unspecified atom stereocenters. The highest BCUT2D eigenvalue weighted by atomic mass is 16.6.